The number of nitrogens with one attached hydrogen (secondary N) is 2. The Morgan fingerprint density at radius 3 is 3.11 bits per heavy atom. The SMILES string of the molecule is Cc1[nH]ncc1CNC1CCc2nnc(C)n2C1. The fourth-order valence-corrected chi connectivity index (χ4v) is 2.44. The first kappa shape index (κ1) is 11.4. The lowest BCUT2D eigenvalue weighted by Gasteiger charge is -2.24. The zero-order valence-corrected chi connectivity index (χ0v) is 10.8. The molecule has 18 heavy (non-hydrogen) atoms. The van der Waals surface area contributed by atoms with Crippen LogP contribution in [0, 0.1) is 13.8 Å². The van der Waals surface area contributed by atoms with Gasteiger partial charge in [0, 0.05) is 36.8 Å². The zero-order chi connectivity index (χ0) is 12.5. The van der Waals surface area contributed by atoms with E-state index in [0.717, 1.165) is 43.3 Å². The molecule has 6 heteroatoms. The lowest BCUT2D eigenvalue weighted by molar-refractivity contribution is 0.375. The third-order valence-electron chi connectivity index (χ3n) is 3.65. The maximum absolute atomic E-state index is 4.19. The van der Waals surface area contributed by atoms with Crippen LogP contribution in [0.4, 0.5) is 0 Å². The predicted molar refractivity (Wildman–Crippen MR) is 67.0 cm³/mol. The predicted octanol–water partition coefficient (Wildman–Crippen LogP) is 0.723. The van der Waals surface area contributed by atoms with Gasteiger partial charge in [-0.1, -0.05) is 0 Å². The van der Waals surface area contributed by atoms with Crippen molar-refractivity contribution in [3.05, 3.63) is 29.1 Å². The monoisotopic (exact) mass is 246 g/mol. The summed E-state index contributed by atoms with van der Waals surface area (Å²) in [5, 5.41) is 18.9. The summed E-state index contributed by atoms with van der Waals surface area (Å²) in [7, 11) is 0. The van der Waals surface area contributed by atoms with Gasteiger partial charge in [-0.15, -0.1) is 10.2 Å². The molecule has 6 nitrogen and oxygen atoms in total. The third-order valence-corrected chi connectivity index (χ3v) is 3.65. The first-order valence-corrected chi connectivity index (χ1v) is 6.35. The van der Waals surface area contributed by atoms with E-state index in [9.17, 15) is 0 Å². The maximum atomic E-state index is 4.19. The van der Waals surface area contributed by atoms with Crippen molar-refractivity contribution in [2.24, 2.45) is 0 Å². The minimum Gasteiger partial charge on any atom is -0.314 e. The Hall–Kier alpha value is -1.69. The van der Waals surface area contributed by atoms with Gasteiger partial charge in [0.05, 0.1) is 6.20 Å². The van der Waals surface area contributed by atoms with E-state index < -0.39 is 0 Å². The molecule has 1 unspecified atom stereocenters. The highest BCUT2D eigenvalue weighted by Gasteiger charge is 2.21. The lowest BCUT2D eigenvalue weighted by atomic mass is 10.1. The van der Waals surface area contributed by atoms with E-state index in [0.29, 0.717) is 6.04 Å². The molecule has 0 aliphatic carbocycles. The van der Waals surface area contributed by atoms with E-state index in [4.69, 9.17) is 0 Å². The molecule has 1 aliphatic heterocycles. The van der Waals surface area contributed by atoms with Crippen molar-refractivity contribution in [2.45, 2.75) is 45.8 Å². The molecule has 0 aromatic carbocycles. The molecule has 1 atom stereocenters. The number of H-pyrrole nitrogens is 1. The van der Waals surface area contributed by atoms with Crippen molar-refractivity contribution < 1.29 is 0 Å². The van der Waals surface area contributed by atoms with Gasteiger partial charge in [-0.25, -0.2) is 0 Å². The molecule has 0 spiro atoms. The molecule has 96 valence electrons. The standard InChI is InChI=1S/C12H18N6/c1-8-10(6-14-15-8)5-13-11-3-4-12-17-16-9(2)18(12)7-11/h6,11,13H,3-5,7H2,1-2H3,(H,14,15). The molecule has 3 heterocycles. The highest BCUT2D eigenvalue weighted by molar-refractivity contribution is 5.14. The van der Waals surface area contributed by atoms with Gasteiger partial charge >= 0.3 is 0 Å². The Bertz CT molecular complexity index is 541. The van der Waals surface area contributed by atoms with Gasteiger partial charge in [0.15, 0.2) is 0 Å². The van der Waals surface area contributed by atoms with Gasteiger partial charge in [-0.05, 0) is 20.3 Å². The Morgan fingerprint density at radius 1 is 1.44 bits per heavy atom. The number of fused-ring (bicyclic) bond motifs is 1. The Balaban J connectivity index is 1.63. The van der Waals surface area contributed by atoms with Crippen molar-refractivity contribution >= 4 is 0 Å². The third kappa shape index (κ3) is 2.03. The Morgan fingerprint density at radius 2 is 2.33 bits per heavy atom. The number of aromatic amines is 1. The Kier molecular flexibility index (Phi) is 2.87. The topological polar surface area (TPSA) is 71.4 Å². The minimum atomic E-state index is 0.487. The van der Waals surface area contributed by atoms with Crippen molar-refractivity contribution in [1.82, 2.24) is 30.3 Å². The number of nitrogens with zero attached hydrogens (tertiary/aromatic N) is 4. The largest absolute Gasteiger partial charge is 0.314 e. The van der Waals surface area contributed by atoms with Gasteiger partial charge in [-0.2, -0.15) is 5.10 Å². The van der Waals surface area contributed by atoms with E-state index in [1.54, 1.807) is 0 Å². The van der Waals surface area contributed by atoms with E-state index in [1.807, 2.05) is 20.0 Å². The molecule has 3 rings (SSSR count). The van der Waals surface area contributed by atoms with Crippen LogP contribution in [-0.2, 0) is 19.5 Å². The van der Waals surface area contributed by atoms with E-state index in [2.05, 4.69) is 30.3 Å². The molecular weight excluding hydrogens is 228 g/mol. The molecule has 0 saturated carbocycles. The van der Waals surface area contributed by atoms with Crippen LogP contribution in [0.1, 0.15) is 29.3 Å². The molecule has 0 radical (unpaired) electrons. The second-order valence-corrected chi connectivity index (χ2v) is 4.91. The van der Waals surface area contributed by atoms with Crippen LogP contribution in [0.25, 0.3) is 0 Å². The van der Waals surface area contributed by atoms with Crippen LogP contribution in [0.5, 0.6) is 0 Å². The smallest absolute Gasteiger partial charge is 0.133 e. The van der Waals surface area contributed by atoms with E-state index in [-0.39, 0.29) is 0 Å². The normalized spacial score (nSPS) is 18.9. The van der Waals surface area contributed by atoms with Crippen LogP contribution >= 0.6 is 0 Å². The average Bonchev–Trinajstić information content (AvgIpc) is 2.94. The quantitative estimate of drug-likeness (QED) is 0.837. The number of aromatic nitrogens is 5. The van der Waals surface area contributed by atoms with Gasteiger partial charge < -0.3 is 9.88 Å². The van der Waals surface area contributed by atoms with E-state index >= 15 is 0 Å². The second kappa shape index (κ2) is 4.53. The second-order valence-electron chi connectivity index (χ2n) is 4.91. The maximum Gasteiger partial charge on any atom is 0.133 e. The van der Waals surface area contributed by atoms with Crippen LogP contribution in [0.15, 0.2) is 6.20 Å². The summed E-state index contributed by atoms with van der Waals surface area (Å²) in [5.74, 6) is 2.13. The van der Waals surface area contributed by atoms with Crippen LogP contribution in [0.3, 0.4) is 0 Å². The van der Waals surface area contributed by atoms with Gasteiger partial charge in [-0.3, -0.25) is 5.10 Å². The average molecular weight is 246 g/mol. The van der Waals surface area contributed by atoms with Gasteiger partial charge in [0.2, 0.25) is 0 Å². The van der Waals surface area contributed by atoms with Crippen molar-refractivity contribution in [3.63, 3.8) is 0 Å². The first-order valence-electron chi connectivity index (χ1n) is 6.35. The van der Waals surface area contributed by atoms with Crippen molar-refractivity contribution in [2.75, 3.05) is 0 Å². The lowest BCUT2D eigenvalue weighted by Crippen LogP contribution is -2.37. The summed E-state index contributed by atoms with van der Waals surface area (Å²) in [6, 6.07) is 0.487. The molecule has 2 aromatic heterocycles. The fourth-order valence-electron chi connectivity index (χ4n) is 2.44. The summed E-state index contributed by atoms with van der Waals surface area (Å²) in [6.07, 6.45) is 4.01. The molecule has 0 fully saturated rings. The summed E-state index contributed by atoms with van der Waals surface area (Å²) >= 11 is 0. The van der Waals surface area contributed by atoms with Gasteiger partial charge in [0.1, 0.15) is 11.6 Å². The summed E-state index contributed by atoms with van der Waals surface area (Å²) in [5.41, 5.74) is 2.38. The molecular formula is C12H18N6. The number of hydrogen-bond acceptors (Lipinski definition) is 4. The van der Waals surface area contributed by atoms with Gasteiger partial charge in [0.25, 0.3) is 0 Å². The summed E-state index contributed by atoms with van der Waals surface area (Å²) in [6.45, 7) is 5.89. The highest BCUT2D eigenvalue weighted by atomic mass is 15.3. The first-order chi connectivity index (χ1) is 8.74. The molecule has 0 bridgehead atoms. The van der Waals surface area contributed by atoms with E-state index in [1.165, 1.54) is 5.56 Å². The summed E-state index contributed by atoms with van der Waals surface area (Å²) < 4.78 is 2.21. The number of aryl methyl sites for hydroxylation is 3. The minimum absolute atomic E-state index is 0.487. The number of rotatable bonds is 3. The van der Waals surface area contributed by atoms with Crippen molar-refractivity contribution in [1.29, 1.82) is 0 Å². The molecule has 0 saturated heterocycles. The fraction of sp³-hybridized carbons (Fsp3) is 0.583. The molecule has 0 amide bonds. The summed E-state index contributed by atoms with van der Waals surface area (Å²) in [4.78, 5) is 0. The zero-order valence-electron chi connectivity index (χ0n) is 10.8. The van der Waals surface area contributed by atoms with Crippen LogP contribution in [-0.4, -0.2) is 31.0 Å². The van der Waals surface area contributed by atoms with Crippen molar-refractivity contribution in [3.8, 4) is 0 Å². The Labute approximate surface area is 106 Å². The van der Waals surface area contributed by atoms with Crippen LogP contribution in [0.2, 0.25) is 0 Å². The van der Waals surface area contributed by atoms with Crippen LogP contribution < -0.4 is 5.32 Å². The molecule has 2 N–H and O–H groups in total. The highest BCUT2D eigenvalue weighted by Crippen LogP contribution is 2.15. The molecule has 2 aromatic rings. The number of hydrogen-bond donors (Lipinski definition) is 2. The molecule has 1 aliphatic rings.